The van der Waals surface area contributed by atoms with E-state index in [1.165, 1.54) is 0 Å². The second kappa shape index (κ2) is 6.55. The molecule has 0 aliphatic heterocycles. The molecule has 0 aromatic heterocycles. The second-order valence-electron chi connectivity index (χ2n) is 3.09. The van der Waals surface area contributed by atoms with Crippen LogP contribution in [0.1, 0.15) is 20.8 Å². The van der Waals surface area contributed by atoms with Crippen LogP contribution in [0.15, 0.2) is 0 Å². The van der Waals surface area contributed by atoms with Gasteiger partial charge in [-0.05, 0) is 19.6 Å². The summed E-state index contributed by atoms with van der Waals surface area (Å²) in [4.78, 5) is 4.62. The van der Waals surface area contributed by atoms with Gasteiger partial charge in [0.1, 0.15) is 0 Å². The Hall–Kier alpha value is 0.0499. The summed E-state index contributed by atoms with van der Waals surface area (Å²) in [5.74, 6) is 0. The molecule has 0 N–H and O–H groups in total. The Morgan fingerprint density at radius 1 is 1.08 bits per heavy atom. The molecule has 0 unspecified atom stereocenters. The van der Waals surface area contributed by atoms with Crippen LogP contribution in [0.3, 0.4) is 0 Å². The van der Waals surface area contributed by atoms with E-state index in [1.807, 2.05) is 6.82 Å². The van der Waals surface area contributed by atoms with Crippen molar-refractivity contribution in [3.63, 3.8) is 0 Å². The van der Waals surface area contributed by atoms with Gasteiger partial charge in [0.05, 0.1) is 0 Å². The first-order valence-corrected chi connectivity index (χ1v) is 4.87. The Balaban J connectivity index is 3.82. The molecule has 2 radical (unpaired) electrons. The molecule has 4 heteroatoms. The van der Waals surface area contributed by atoms with Crippen molar-refractivity contribution in [2.45, 2.75) is 27.6 Å². The van der Waals surface area contributed by atoms with Gasteiger partial charge in [-0.1, -0.05) is 27.6 Å². The average molecular weight is 166 g/mol. The van der Waals surface area contributed by atoms with E-state index in [0.29, 0.717) is 0 Å². The summed E-state index contributed by atoms with van der Waals surface area (Å²) < 4.78 is 0. The lowest BCUT2D eigenvalue weighted by Crippen LogP contribution is -2.45. The zero-order chi connectivity index (χ0) is 9.56. The maximum atomic E-state index is 5.80. The third-order valence-electron chi connectivity index (χ3n) is 2.26. The van der Waals surface area contributed by atoms with Crippen LogP contribution in [0.25, 0.3) is 0 Å². The third kappa shape index (κ3) is 4.17. The molecule has 68 valence electrons. The molecule has 0 rings (SSSR count). The molecule has 0 fully saturated rings. The fourth-order valence-electron chi connectivity index (χ4n) is 1.20. The van der Waals surface area contributed by atoms with E-state index < -0.39 is 0 Å². The van der Waals surface area contributed by atoms with E-state index in [4.69, 9.17) is 7.74 Å². The van der Waals surface area contributed by atoms with Crippen LogP contribution < -0.4 is 0 Å². The van der Waals surface area contributed by atoms with Gasteiger partial charge in [-0.25, -0.2) is 0 Å². The van der Waals surface area contributed by atoms with Crippen LogP contribution in [-0.4, -0.2) is 50.5 Å². The number of nitrogens with zero attached hydrogens (tertiary/aromatic N) is 2. The lowest BCUT2D eigenvalue weighted by atomic mass is 9.43. The van der Waals surface area contributed by atoms with E-state index in [-0.39, 0.29) is 6.74 Å². The van der Waals surface area contributed by atoms with Gasteiger partial charge < -0.3 is 4.81 Å². The van der Waals surface area contributed by atoms with Crippen LogP contribution in [-0.2, 0) is 0 Å². The number of rotatable bonds is 6. The summed E-state index contributed by atoms with van der Waals surface area (Å²) in [6.45, 7) is 12.9. The largest absolute Gasteiger partial charge is 0.339 e. The highest BCUT2D eigenvalue weighted by atomic mass is 15.3. The van der Waals surface area contributed by atoms with Crippen LogP contribution >= 0.6 is 0 Å². The van der Waals surface area contributed by atoms with Crippen molar-refractivity contribution >= 4 is 14.5 Å². The molecule has 0 spiro atoms. The molecule has 0 atom stereocenters. The Morgan fingerprint density at radius 3 is 1.83 bits per heavy atom. The van der Waals surface area contributed by atoms with Gasteiger partial charge in [-0.3, -0.25) is 4.90 Å². The summed E-state index contributed by atoms with van der Waals surface area (Å²) in [6.07, 6.45) is 0. The molecular formula is C8H20B2N2. The molecule has 0 heterocycles. The minimum atomic E-state index is 0.163. The topological polar surface area (TPSA) is 6.48 Å². The Labute approximate surface area is 78.8 Å². The molecule has 0 amide bonds. The summed E-state index contributed by atoms with van der Waals surface area (Å²) in [7, 11) is 5.80. The van der Waals surface area contributed by atoms with Gasteiger partial charge >= 0.3 is 0 Å². The van der Waals surface area contributed by atoms with Gasteiger partial charge in [0.2, 0.25) is 0 Å². The van der Waals surface area contributed by atoms with Crippen LogP contribution in [0.5, 0.6) is 0 Å². The predicted molar refractivity (Wildman–Crippen MR) is 57.5 cm³/mol. The molecule has 0 aromatic rings. The maximum Gasteiger partial charge on any atom is 0.167 e. The quantitative estimate of drug-likeness (QED) is 0.427. The molecular weight excluding hydrogens is 146 g/mol. The van der Waals surface area contributed by atoms with E-state index in [1.54, 1.807) is 0 Å². The van der Waals surface area contributed by atoms with Crippen molar-refractivity contribution in [1.29, 1.82) is 0 Å². The zero-order valence-electron chi connectivity index (χ0n) is 8.88. The van der Waals surface area contributed by atoms with Crippen molar-refractivity contribution in [1.82, 2.24) is 9.71 Å². The number of hydrogen-bond acceptors (Lipinski definition) is 2. The van der Waals surface area contributed by atoms with Gasteiger partial charge in [0.15, 0.2) is 6.74 Å². The Kier molecular flexibility index (Phi) is 6.58. The highest BCUT2D eigenvalue weighted by Gasteiger charge is 2.11. The SMILES string of the molecule is [B]B(C)N(CC)CN(CC)CC. The number of hydrogen-bond donors (Lipinski definition) is 0. The Morgan fingerprint density at radius 2 is 1.58 bits per heavy atom. The molecule has 2 nitrogen and oxygen atoms in total. The van der Waals surface area contributed by atoms with Gasteiger partial charge in [-0.15, -0.1) is 0 Å². The van der Waals surface area contributed by atoms with Crippen molar-refractivity contribution in [2.24, 2.45) is 0 Å². The lowest BCUT2D eigenvalue weighted by molar-refractivity contribution is 0.215. The standard InChI is InChI=1S/C8H20B2N2/c1-5-11(6-2)8-12(7-3)10(4)9/h5-8H2,1-4H3. The van der Waals surface area contributed by atoms with E-state index in [9.17, 15) is 0 Å². The van der Waals surface area contributed by atoms with E-state index in [0.717, 1.165) is 26.3 Å². The van der Waals surface area contributed by atoms with Crippen LogP contribution in [0.2, 0.25) is 6.82 Å². The minimum Gasteiger partial charge on any atom is -0.339 e. The lowest BCUT2D eigenvalue weighted by Gasteiger charge is -2.30. The molecule has 12 heavy (non-hydrogen) atoms. The minimum absolute atomic E-state index is 0.163. The molecule has 0 aliphatic rings. The highest BCUT2D eigenvalue weighted by Crippen LogP contribution is 1.95. The molecule has 0 aromatic carbocycles. The summed E-state index contributed by atoms with van der Waals surface area (Å²) in [5.41, 5.74) is 0. The maximum absolute atomic E-state index is 5.80. The molecule has 0 saturated heterocycles. The van der Waals surface area contributed by atoms with Gasteiger partial charge in [-0.2, -0.15) is 0 Å². The summed E-state index contributed by atoms with van der Waals surface area (Å²) >= 11 is 0. The van der Waals surface area contributed by atoms with E-state index in [2.05, 4.69) is 30.5 Å². The van der Waals surface area contributed by atoms with Crippen molar-refractivity contribution in [3.05, 3.63) is 0 Å². The fraction of sp³-hybridized carbons (Fsp3) is 1.00. The third-order valence-corrected chi connectivity index (χ3v) is 2.26. The normalized spacial score (nSPS) is 11.2. The molecule has 0 bridgehead atoms. The van der Waals surface area contributed by atoms with Crippen molar-refractivity contribution < 1.29 is 0 Å². The monoisotopic (exact) mass is 166 g/mol. The summed E-state index contributed by atoms with van der Waals surface area (Å²) in [6, 6.07) is 0. The molecule has 0 aliphatic carbocycles. The van der Waals surface area contributed by atoms with Crippen LogP contribution in [0.4, 0.5) is 0 Å². The predicted octanol–water partition coefficient (Wildman–Crippen LogP) is 0.894. The van der Waals surface area contributed by atoms with Crippen molar-refractivity contribution in [3.8, 4) is 0 Å². The first-order valence-electron chi connectivity index (χ1n) is 4.87. The first kappa shape index (κ1) is 12.0. The molecule has 0 saturated carbocycles. The Bertz CT molecular complexity index is 105. The van der Waals surface area contributed by atoms with Crippen LogP contribution in [0, 0.1) is 0 Å². The second-order valence-corrected chi connectivity index (χ2v) is 3.09. The van der Waals surface area contributed by atoms with E-state index >= 15 is 0 Å². The average Bonchev–Trinajstić information content (AvgIpc) is 2.06. The van der Waals surface area contributed by atoms with Crippen molar-refractivity contribution in [2.75, 3.05) is 26.3 Å². The van der Waals surface area contributed by atoms with Gasteiger partial charge in [0.25, 0.3) is 0 Å². The summed E-state index contributed by atoms with van der Waals surface area (Å²) in [5, 5.41) is 0. The smallest absolute Gasteiger partial charge is 0.167 e. The van der Waals surface area contributed by atoms with Gasteiger partial charge in [0, 0.05) is 14.4 Å². The first-order chi connectivity index (χ1) is 5.65. The highest BCUT2D eigenvalue weighted by molar-refractivity contribution is 7.00. The fourth-order valence-corrected chi connectivity index (χ4v) is 1.20. The zero-order valence-corrected chi connectivity index (χ0v) is 8.88.